The minimum atomic E-state index is -0.282. The molecule has 0 aliphatic carbocycles. The van der Waals surface area contributed by atoms with E-state index >= 15 is 0 Å². The first-order valence-electron chi connectivity index (χ1n) is 7.57. The van der Waals surface area contributed by atoms with Crippen LogP contribution in [0.15, 0.2) is 42.5 Å². The van der Waals surface area contributed by atoms with Gasteiger partial charge < -0.3 is 14.8 Å². The van der Waals surface area contributed by atoms with Gasteiger partial charge >= 0.3 is 6.03 Å². The number of hydrogen-bond acceptors (Lipinski definition) is 5. The van der Waals surface area contributed by atoms with E-state index in [0.29, 0.717) is 30.6 Å². The molecule has 2 amide bonds. The normalized spacial score (nSPS) is 12.8. The summed E-state index contributed by atoms with van der Waals surface area (Å²) < 4.78 is 12.1. The van der Waals surface area contributed by atoms with E-state index < -0.39 is 0 Å². The maximum Gasteiger partial charge on any atom is 0.321 e. The lowest BCUT2D eigenvalue weighted by molar-refractivity contribution is 0.172. The Hall–Kier alpha value is -2.80. The van der Waals surface area contributed by atoms with Crippen LogP contribution in [0, 0.1) is 0 Å². The van der Waals surface area contributed by atoms with Crippen LogP contribution in [0.2, 0.25) is 0 Å². The molecule has 1 aromatic heterocycles. The van der Waals surface area contributed by atoms with Gasteiger partial charge in [0, 0.05) is 18.7 Å². The predicted molar refractivity (Wildman–Crippen MR) is 92.9 cm³/mol. The SMILES string of the molecule is O=C(NCc1ccccc1)Nc1nc2cc3c(cc2s1)OCCO3. The van der Waals surface area contributed by atoms with Crippen LogP contribution in [0.3, 0.4) is 0 Å². The van der Waals surface area contributed by atoms with Gasteiger partial charge in [0.2, 0.25) is 0 Å². The second kappa shape index (κ2) is 6.37. The van der Waals surface area contributed by atoms with E-state index in [1.807, 2.05) is 42.5 Å². The standard InChI is InChI=1S/C17H15N3O3S/c21-16(18-10-11-4-2-1-3-5-11)20-17-19-12-8-13-14(9-15(12)24-17)23-7-6-22-13/h1-5,8-9H,6-7,10H2,(H2,18,19,20,21). The Morgan fingerprint density at radius 3 is 2.67 bits per heavy atom. The van der Waals surface area contributed by atoms with Gasteiger partial charge in [-0.15, -0.1) is 0 Å². The number of carbonyl (C=O) groups is 1. The highest BCUT2D eigenvalue weighted by Gasteiger charge is 2.15. The number of urea groups is 1. The van der Waals surface area contributed by atoms with Gasteiger partial charge in [0.25, 0.3) is 0 Å². The summed E-state index contributed by atoms with van der Waals surface area (Å²) in [5.41, 5.74) is 1.82. The zero-order valence-electron chi connectivity index (χ0n) is 12.7. The van der Waals surface area contributed by atoms with Gasteiger partial charge in [-0.25, -0.2) is 9.78 Å². The van der Waals surface area contributed by atoms with Gasteiger partial charge in [-0.05, 0) is 5.56 Å². The van der Waals surface area contributed by atoms with E-state index in [1.165, 1.54) is 11.3 Å². The van der Waals surface area contributed by atoms with Crippen molar-refractivity contribution in [3.8, 4) is 11.5 Å². The maximum absolute atomic E-state index is 12.0. The van der Waals surface area contributed by atoms with Gasteiger partial charge in [0.15, 0.2) is 16.6 Å². The topological polar surface area (TPSA) is 72.5 Å². The van der Waals surface area contributed by atoms with Crippen LogP contribution in [0.25, 0.3) is 10.2 Å². The molecule has 122 valence electrons. The minimum Gasteiger partial charge on any atom is -0.486 e. The van der Waals surface area contributed by atoms with Crippen LogP contribution in [-0.2, 0) is 6.54 Å². The number of fused-ring (bicyclic) bond motifs is 2. The Morgan fingerprint density at radius 2 is 1.88 bits per heavy atom. The Labute approximate surface area is 142 Å². The molecule has 2 heterocycles. The average molecular weight is 341 g/mol. The van der Waals surface area contributed by atoms with E-state index in [9.17, 15) is 4.79 Å². The summed E-state index contributed by atoms with van der Waals surface area (Å²) >= 11 is 1.40. The largest absolute Gasteiger partial charge is 0.486 e. The molecule has 2 N–H and O–H groups in total. The highest BCUT2D eigenvalue weighted by Crippen LogP contribution is 2.37. The Kier molecular flexibility index (Phi) is 3.92. The molecule has 0 saturated heterocycles. The molecule has 2 aromatic carbocycles. The summed E-state index contributed by atoms with van der Waals surface area (Å²) in [6.45, 7) is 1.55. The van der Waals surface area contributed by atoms with Crippen molar-refractivity contribution in [3.05, 3.63) is 48.0 Å². The van der Waals surface area contributed by atoms with Crippen LogP contribution in [0.4, 0.5) is 9.93 Å². The highest BCUT2D eigenvalue weighted by atomic mass is 32.1. The monoisotopic (exact) mass is 341 g/mol. The number of benzene rings is 2. The number of amides is 2. The second-order valence-electron chi connectivity index (χ2n) is 5.28. The lowest BCUT2D eigenvalue weighted by atomic mass is 10.2. The molecule has 24 heavy (non-hydrogen) atoms. The number of hydrogen-bond donors (Lipinski definition) is 2. The number of rotatable bonds is 3. The molecule has 7 heteroatoms. The van der Waals surface area contributed by atoms with Crippen LogP contribution >= 0.6 is 11.3 Å². The van der Waals surface area contributed by atoms with Crippen molar-refractivity contribution in [2.75, 3.05) is 18.5 Å². The number of nitrogens with one attached hydrogen (secondary N) is 2. The maximum atomic E-state index is 12.0. The van der Waals surface area contributed by atoms with Gasteiger partial charge in [-0.1, -0.05) is 41.7 Å². The van der Waals surface area contributed by atoms with Crippen LogP contribution in [-0.4, -0.2) is 24.2 Å². The van der Waals surface area contributed by atoms with Gasteiger partial charge in [0.05, 0.1) is 10.2 Å². The Balaban J connectivity index is 1.45. The van der Waals surface area contributed by atoms with E-state index in [4.69, 9.17) is 9.47 Å². The zero-order chi connectivity index (χ0) is 16.4. The Bertz CT molecular complexity index is 836. The van der Waals surface area contributed by atoms with E-state index in [2.05, 4.69) is 15.6 Å². The predicted octanol–water partition coefficient (Wildman–Crippen LogP) is 3.39. The smallest absolute Gasteiger partial charge is 0.321 e. The fraction of sp³-hybridized carbons (Fsp3) is 0.176. The third-order valence-corrected chi connectivity index (χ3v) is 4.50. The van der Waals surface area contributed by atoms with Crippen molar-refractivity contribution in [3.63, 3.8) is 0 Å². The fourth-order valence-corrected chi connectivity index (χ4v) is 3.31. The molecular weight excluding hydrogens is 326 g/mol. The van der Waals surface area contributed by atoms with Gasteiger partial charge in [-0.2, -0.15) is 0 Å². The molecule has 0 unspecified atom stereocenters. The molecule has 0 bridgehead atoms. The van der Waals surface area contributed by atoms with Crippen LogP contribution < -0.4 is 20.1 Å². The lowest BCUT2D eigenvalue weighted by Crippen LogP contribution is -2.28. The van der Waals surface area contributed by atoms with Crippen molar-refractivity contribution >= 4 is 32.7 Å². The highest BCUT2D eigenvalue weighted by molar-refractivity contribution is 7.22. The average Bonchev–Trinajstić information content (AvgIpc) is 2.99. The van der Waals surface area contributed by atoms with Crippen molar-refractivity contribution in [2.45, 2.75) is 6.54 Å². The molecule has 0 fully saturated rings. The molecule has 0 radical (unpaired) electrons. The summed E-state index contributed by atoms with van der Waals surface area (Å²) in [7, 11) is 0. The summed E-state index contributed by atoms with van der Waals surface area (Å²) in [6, 6.07) is 13.2. The lowest BCUT2D eigenvalue weighted by Gasteiger charge is -2.17. The molecule has 6 nitrogen and oxygen atoms in total. The summed E-state index contributed by atoms with van der Waals surface area (Å²) in [6.07, 6.45) is 0. The molecule has 0 saturated carbocycles. The number of ether oxygens (including phenoxy) is 2. The molecule has 3 aromatic rings. The van der Waals surface area contributed by atoms with Crippen molar-refractivity contribution in [1.82, 2.24) is 10.3 Å². The van der Waals surface area contributed by atoms with Crippen molar-refractivity contribution in [2.24, 2.45) is 0 Å². The van der Waals surface area contributed by atoms with Crippen LogP contribution in [0.5, 0.6) is 11.5 Å². The number of aromatic nitrogens is 1. The molecule has 4 rings (SSSR count). The van der Waals surface area contributed by atoms with Gasteiger partial charge in [-0.3, -0.25) is 5.32 Å². The summed E-state index contributed by atoms with van der Waals surface area (Å²) in [5.74, 6) is 1.41. The van der Waals surface area contributed by atoms with Crippen molar-refractivity contribution < 1.29 is 14.3 Å². The molecule has 0 spiro atoms. The third-order valence-electron chi connectivity index (χ3n) is 3.57. The van der Waals surface area contributed by atoms with E-state index in [1.54, 1.807) is 0 Å². The minimum absolute atomic E-state index is 0.282. The van der Waals surface area contributed by atoms with Gasteiger partial charge in [0.1, 0.15) is 13.2 Å². The van der Waals surface area contributed by atoms with Crippen molar-refractivity contribution in [1.29, 1.82) is 0 Å². The first kappa shape index (κ1) is 14.8. The number of nitrogens with zero attached hydrogens (tertiary/aromatic N) is 1. The third kappa shape index (κ3) is 3.11. The molecular formula is C17H15N3O3S. The van der Waals surface area contributed by atoms with Crippen LogP contribution in [0.1, 0.15) is 5.56 Å². The fourth-order valence-electron chi connectivity index (χ4n) is 2.44. The summed E-state index contributed by atoms with van der Waals surface area (Å²) in [5, 5.41) is 6.12. The summed E-state index contributed by atoms with van der Waals surface area (Å²) in [4.78, 5) is 16.4. The van der Waals surface area contributed by atoms with E-state index in [0.717, 1.165) is 21.5 Å². The first-order valence-corrected chi connectivity index (χ1v) is 8.38. The number of carbonyl (C=O) groups excluding carboxylic acids is 1. The number of thiazole rings is 1. The molecule has 0 atom stereocenters. The Morgan fingerprint density at radius 1 is 1.12 bits per heavy atom. The zero-order valence-corrected chi connectivity index (χ0v) is 13.6. The molecule has 1 aliphatic rings. The first-order chi connectivity index (χ1) is 11.8. The van der Waals surface area contributed by atoms with E-state index in [-0.39, 0.29) is 6.03 Å². The molecule has 1 aliphatic heterocycles. The number of anilines is 1. The second-order valence-corrected chi connectivity index (χ2v) is 6.31. The quantitative estimate of drug-likeness (QED) is 0.766.